The normalized spacial score (nSPS) is 10.5. The summed E-state index contributed by atoms with van der Waals surface area (Å²) < 4.78 is 4.97. The van der Waals surface area contributed by atoms with Gasteiger partial charge in [-0.05, 0) is 6.07 Å². The van der Waals surface area contributed by atoms with Crippen molar-refractivity contribution in [3.63, 3.8) is 0 Å². The van der Waals surface area contributed by atoms with E-state index in [2.05, 4.69) is 0 Å². The van der Waals surface area contributed by atoms with Crippen molar-refractivity contribution in [3.8, 4) is 0 Å². The Morgan fingerprint density at radius 2 is 2.23 bits per heavy atom. The van der Waals surface area contributed by atoms with E-state index in [-0.39, 0.29) is 11.3 Å². The predicted molar refractivity (Wildman–Crippen MR) is 47.9 cm³/mol. The summed E-state index contributed by atoms with van der Waals surface area (Å²) in [6.07, 6.45) is 1.29. The number of hydrogen-bond acceptors (Lipinski definition) is 3. The number of benzene rings is 1. The number of hydrogen-bond donors (Lipinski definition) is 0. The fraction of sp³-hybridized carbons (Fsp3) is 0. The highest BCUT2D eigenvalue weighted by Gasteiger charge is 2.15. The smallest absolute Gasteiger partial charge is 0.312 e. The van der Waals surface area contributed by atoms with Gasteiger partial charge >= 0.3 is 5.69 Å². The third-order valence-electron chi connectivity index (χ3n) is 1.73. The van der Waals surface area contributed by atoms with Crippen LogP contribution in [0.3, 0.4) is 0 Å². The van der Waals surface area contributed by atoms with Crippen LogP contribution in [0.1, 0.15) is 0 Å². The first kappa shape index (κ1) is 8.07. The molecule has 1 aromatic carbocycles. The van der Waals surface area contributed by atoms with Crippen LogP contribution < -0.4 is 0 Å². The van der Waals surface area contributed by atoms with E-state index in [1.54, 1.807) is 12.1 Å². The maximum absolute atomic E-state index is 10.5. The third-order valence-corrected chi connectivity index (χ3v) is 2.02. The number of rotatable bonds is 1. The first-order chi connectivity index (χ1) is 6.20. The zero-order chi connectivity index (χ0) is 9.42. The van der Waals surface area contributed by atoms with Crippen LogP contribution in [0.4, 0.5) is 5.69 Å². The third kappa shape index (κ3) is 1.15. The average molecular weight is 198 g/mol. The van der Waals surface area contributed by atoms with Crippen molar-refractivity contribution in [2.45, 2.75) is 0 Å². The lowest BCUT2D eigenvalue weighted by atomic mass is 10.2. The van der Waals surface area contributed by atoms with E-state index in [9.17, 15) is 10.1 Å². The van der Waals surface area contributed by atoms with Crippen molar-refractivity contribution >= 4 is 28.3 Å². The summed E-state index contributed by atoms with van der Waals surface area (Å²) in [5.41, 5.74) is 0.155. The second kappa shape index (κ2) is 2.74. The Balaban J connectivity index is 2.84. The second-order valence-electron chi connectivity index (χ2n) is 2.49. The van der Waals surface area contributed by atoms with Gasteiger partial charge in [0.1, 0.15) is 6.26 Å². The molecule has 0 amide bonds. The van der Waals surface area contributed by atoms with Crippen molar-refractivity contribution in [2.24, 2.45) is 0 Å². The highest BCUT2D eigenvalue weighted by atomic mass is 35.5. The van der Waals surface area contributed by atoms with E-state index < -0.39 is 4.92 Å². The summed E-state index contributed by atoms with van der Waals surface area (Å²) >= 11 is 5.73. The SMILES string of the molecule is O=[N+]([O-])c1cccc2c(Cl)coc12. The molecule has 0 saturated heterocycles. The van der Waals surface area contributed by atoms with E-state index in [0.717, 1.165) is 0 Å². The molecule has 0 N–H and O–H groups in total. The molecule has 1 aromatic heterocycles. The lowest BCUT2D eigenvalue weighted by Gasteiger charge is -1.90. The maximum atomic E-state index is 10.5. The Labute approximate surface area is 77.9 Å². The first-order valence-electron chi connectivity index (χ1n) is 3.50. The number of halogens is 1. The molecule has 1 heterocycles. The molecule has 0 radical (unpaired) electrons. The molecule has 0 bridgehead atoms. The van der Waals surface area contributed by atoms with Gasteiger partial charge in [-0.2, -0.15) is 0 Å². The van der Waals surface area contributed by atoms with Crippen LogP contribution in [0.25, 0.3) is 11.0 Å². The lowest BCUT2D eigenvalue weighted by molar-refractivity contribution is -0.383. The Bertz CT molecular complexity index is 477. The maximum Gasteiger partial charge on any atom is 0.312 e. The highest BCUT2D eigenvalue weighted by molar-refractivity contribution is 6.35. The number of fused-ring (bicyclic) bond motifs is 1. The van der Waals surface area contributed by atoms with Gasteiger partial charge in [-0.25, -0.2) is 0 Å². The minimum Gasteiger partial charge on any atom is -0.455 e. The van der Waals surface area contributed by atoms with Crippen molar-refractivity contribution in [1.29, 1.82) is 0 Å². The van der Waals surface area contributed by atoms with Crippen LogP contribution >= 0.6 is 11.6 Å². The molecular weight excluding hydrogens is 194 g/mol. The molecule has 0 spiro atoms. The van der Waals surface area contributed by atoms with Gasteiger partial charge in [0.05, 0.1) is 9.95 Å². The molecule has 4 nitrogen and oxygen atoms in total. The van der Waals surface area contributed by atoms with E-state index in [0.29, 0.717) is 10.4 Å². The molecule has 13 heavy (non-hydrogen) atoms. The Morgan fingerprint density at radius 1 is 1.46 bits per heavy atom. The number of nitro groups is 1. The van der Waals surface area contributed by atoms with Gasteiger partial charge in [-0.3, -0.25) is 10.1 Å². The van der Waals surface area contributed by atoms with Crippen LogP contribution in [-0.4, -0.2) is 4.92 Å². The first-order valence-corrected chi connectivity index (χ1v) is 3.88. The number of nitrogens with zero attached hydrogens (tertiary/aromatic N) is 1. The summed E-state index contributed by atoms with van der Waals surface area (Å²) in [4.78, 5) is 10.0. The summed E-state index contributed by atoms with van der Waals surface area (Å²) in [5, 5.41) is 11.5. The minimum atomic E-state index is -0.498. The summed E-state index contributed by atoms with van der Waals surface area (Å²) in [6, 6.07) is 4.62. The van der Waals surface area contributed by atoms with E-state index in [4.69, 9.17) is 16.0 Å². The molecule has 0 atom stereocenters. The van der Waals surface area contributed by atoms with Crippen molar-refractivity contribution in [3.05, 3.63) is 39.6 Å². The number of nitro benzene ring substituents is 1. The summed E-state index contributed by atoms with van der Waals surface area (Å²) in [7, 11) is 0. The summed E-state index contributed by atoms with van der Waals surface area (Å²) in [5.74, 6) is 0. The Hall–Kier alpha value is -1.55. The zero-order valence-electron chi connectivity index (χ0n) is 6.36. The van der Waals surface area contributed by atoms with Gasteiger partial charge in [0.15, 0.2) is 0 Å². The van der Waals surface area contributed by atoms with E-state index in [1.165, 1.54) is 12.3 Å². The topological polar surface area (TPSA) is 56.3 Å². The standard InChI is InChI=1S/C8H4ClNO3/c9-6-4-13-8-5(6)2-1-3-7(8)10(11)12/h1-4H. The fourth-order valence-corrected chi connectivity index (χ4v) is 1.35. The number of furan rings is 1. The van der Waals surface area contributed by atoms with Gasteiger partial charge in [0.2, 0.25) is 5.58 Å². The summed E-state index contributed by atoms with van der Waals surface area (Å²) in [6.45, 7) is 0. The molecule has 0 fully saturated rings. The molecule has 0 unspecified atom stereocenters. The van der Waals surface area contributed by atoms with Crippen LogP contribution in [-0.2, 0) is 0 Å². The molecule has 66 valence electrons. The predicted octanol–water partition coefficient (Wildman–Crippen LogP) is 2.99. The molecule has 0 aliphatic carbocycles. The molecular formula is C8H4ClNO3. The Morgan fingerprint density at radius 3 is 2.92 bits per heavy atom. The average Bonchev–Trinajstić information content (AvgIpc) is 2.48. The fourth-order valence-electron chi connectivity index (χ4n) is 1.15. The van der Waals surface area contributed by atoms with E-state index in [1.807, 2.05) is 0 Å². The zero-order valence-corrected chi connectivity index (χ0v) is 7.12. The van der Waals surface area contributed by atoms with Crippen molar-refractivity contribution in [1.82, 2.24) is 0 Å². The van der Waals surface area contributed by atoms with Gasteiger partial charge in [0, 0.05) is 11.5 Å². The van der Waals surface area contributed by atoms with Gasteiger partial charge < -0.3 is 4.42 Å². The molecule has 2 rings (SSSR count). The van der Waals surface area contributed by atoms with Crippen LogP contribution in [0.2, 0.25) is 5.02 Å². The van der Waals surface area contributed by atoms with E-state index >= 15 is 0 Å². The van der Waals surface area contributed by atoms with Crippen LogP contribution in [0.15, 0.2) is 28.9 Å². The molecule has 5 heteroatoms. The van der Waals surface area contributed by atoms with Crippen molar-refractivity contribution < 1.29 is 9.34 Å². The molecule has 0 aliphatic heterocycles. The molecule has 0 aliphatic rings. The molecule has 0 saturated carbocycles. The van der Waals surface area contributed by atoms with Crippen LogP contribution in [0, 0.1) is 10.1 Å². The monoisotopic (exact) mass is 197 g/mol. The van der Waals surface area contributed by atoms with Gasteiger partial charge in [-0.1, -0.05) is 17.7 Å². The van der Waals surface area contributed by atoms with Crippen LogP contribution in [0.5, 0.6) is 0 Å². The number of non-ortho nitro benzene ring substituents is 1. The number of para-hydroxylation sites is 1. The van der Waals surface area contributed by atoms with Crippen molar-refractivity contribution in [2.75, 3.05) is 0 Å². The van der Waals surface area contributed by atoms with Gasteiger partial charge in [-0.15, -0.1) is 0 Å². The lowest BCUT2D eigenvalue weighted by Crippen LogP contribution is -1.86. The quantitative estimate of drug-likeness (QED) is 0.522. The second-order valence-corrected chi connectivity index (χ2v) is 2.90. The Kier molecular flexibility index (Phi) is 1.70. The highest BCUT2D eigenvalue weighted by Crippen LogP contribution is 2.31. The minimum absolute atomic E-state index is 0.0654. The van der Waals surface area contributed by atoms with Gasteiger partial charge in [0.25, 0.3) is 0 Å². The largest absolute Gasteiger partial charge is 0.455 e. The molecule has 2 aromatic rings.